The normalized spacial score (nSPS) is 16.6. The third-order valence-electron chi connectivity index (χ3n) is 5.53. The predicted octanol–water partition coefficient (Wildman–Crippen LogP) is 3.51. The number of aromatic nitrogens is 3. The van der Waals surface area contributed by atoms with E-state index in [-0.39, 0.29) is 29.6 Å². The van der Waals surface area contributed by atoms with Crippen LogP contribution in [0.4, 0.5) is 15.9 Å². The van der Waals surface area contributed by atoms with Gasteiger partial charge in [0.25, 0.3) is 0 Å². The summed E-state index contributed by atoms with van der Waals surface area (Å²) in [6.07, 6.45) is 2.29. The summed E-state index contributed by atoms with van der Waals surface area (Å²) in [5, 5.41) is 12.9. The molecule has 2 amide bonds. The molecular formula is C24H31N7O3S2. The van der Waals surface area contributed by atoms with Gasteiger partial charge in [0.1, 0.15) is 0 Å². The minimum atomic E-state index is -3.06. The maximum absolute atomic E-state index is 12.0. The van der Waals surface area contributed by atoms with Gasteiger partial charge in [-0.1, -0.05) is 35.6 Å². The van der Waals surface area contributed by atoms with E-state index >= 15 is 0 Å². The maximum Gasteiger partial charge on any atom is 0.315 e. The van der Waals surface area contributed by atoms with Crippen LogP contribution in [0.15, 0.2) is 36.5 Å². The molecule has 1 aliphatic rings. The molecule has 0 spiro atoms. The van der Waals surface area contributed by atoms with E-state index < -0.39 is 9.84 Å². The van der Waals surface area contributed by atoms with Gasteiger partial charge in [-0.25, -0.2) is 28.2 Å². The molecule has 0 aliphatic carbocycles. The second kappa shape index (κ2) is 11.2. The van der Waals surface area contributed by atoms with Crippen molar-refractivity contribution in [3.8, 4) is 21.8 Å². The molecule has 12 heteroatoms. The smallest absolute Gasteiger partial charge is 0.315 e. The summed E-state index contributed by atoms with van der Waals surface area (Å²) in [5.74, 6) is 0.583. The van der Waals surface area contributed by atoms with E-state index in [1.807, 2.05) is 51.1 Å². The molecule has 4 rings (SSSR count). The van der Waals surface area contributed by atoms with Crippen LogP contribution < -0.4 is 21.3 Å². The Morgan fingerprint density at radius 1 is 1.17 bits per heavy atom. The van der Waals surface area contributed by atoms with Crippen molar-refractivity contribution in [1.29, 1.82) is 0 Å². The Kier molecular flexibility index (Phi) is 8.04. The van der Waals surface area contributed by atoms with Gasteiger partial charge in [-0.05, 0) is 38.8 Å². The zero-order valence-corrected chi connectivity index (χ0v) is 22.2. The third-order valence-corrected chi connectivity index (χ3v) is 8.25. The Bertz CT molecular complexity index is 1320. The van der Waals surface area contributed by atoms with E-state index in [0.29, 0.717) is 36.8 Å². The number of thiazole rings is 1. The van der Waals surface area contributed by atoms with Gasteiger partial charge in [0, 0.05) is 36.9 Å². The fraction of sp³-hybridized carbons (Fsp3) is 0.417. The van der Waals surface area contributed by atoms with Crippen LogP contribution in [0.5, 0.6) is 0 Å². The lowest BCUT2D eigenvalue weighted by molar-refractivity contribution is 0.241. The van der Waals surface area contributed by atoms with Gasteiger partial charge in [0.2, 0.25) is 5.95 Å². The molecule has 3 heterocycles. The van der Waals surface area contributed by atoms with Crippen LogP contribution in [-0.4, -0.2) is 59.5 Å². The van der Waals surface area contributed by atoms with E-state index in [1.54, 1.807) is 6.20 Å². The van der Waals surface area contributed by atoms with E-state index in [9.17, 15) is 13.2 Å². The largest absolute Gasteiger partial charge is 0.359 e. The van der Waals surface area contributed by atoms with Gasteiger partial charge in [-0.2, -0.15) is 0 Å². The summed E-state index contributed by atoms with van der Waals surface area (Å²) in [4.78, 5) is 26.7. The Balaban J connectivity index is 1.70. The summed E-state index contributed by atoms with van der Waals surface area (Å²) < 4.78 is 24.0. The number of carbonyl (C=O) groups is 1. The summed E-state index contributed by atoms with van der Waals surface area (Å²) in [5.41, 5.74) is 3.10. The van der Waals surface area contributed by atoms with Crippen molar-refractivity contribution in [3.63, 3.8) is 0 Å². The van der Waals surface area contributed by atoms with E-state index in [4.69, 9.17) is 9.97 Å². The van der Waals surface area contributed by atoms with Gasteiger partial charge >= 0.3 is 6.03 Å². The molecule has 3 aromatic rings. The first-order chi connectivity index (χ1) is 17.2. The number of carbonyl (C=O) groups excluding carboxylic acids is 1. The van der Waals surface area contributed by atoms with E-state index in [1.165, 1.54) is 11.3 Å². The number of rotatable bonds is 9. The summed E-state index contributed by atoms with van der Waals surface area (Å²) in [7, 11) is -3.06. The van der Waals surface area contributed by atoms with E-state index in [2.05, 4.69) is 26.3 Å². The highest BCUT2D eigenvalue weighted by molar-refractivity contribution is 7.91. The Hall–Kier alpha value is -3.25. The van der Waals surface area contributed by atoms with Crippen molar-refractivity contribution < 1.29 is 13.2 Å². The lowest BCUT2D eigenvalue weighted by atomic mass is 10.0. The zero-order chi connectivity index (χ0) is 25.7. The molecule has 2 aromatic heterocycles. The molecule has 0 radical (unpaired) electrons. The SMILES string of the molecule is CCNC(=O)NCc1ccccc1-c1cc(-c2cnc(NC(C)C)s2)nc(NC2CCS(=O)(=O)C2)n1. The highest BCUT2D eigenvalue weighted by Gasteiger charge is 2.28. The fourth-order valence-corrected chi connectivity index (χ4v) is 6.49. The Morgan fingerprint density at radius 3 is 2.67 bits per heavy atom. The van der Waals surface area contributed by atoms with Crippen LogP contribution in [0.2, 0.25) is 0 Å². The van der Waals surface area contributed by atoms with Gasteiger partial charge in [0.15, 0.2) is 15.0 Å². The molecule has 0 bridgehead atoms. The summed E-state index contributed by atoms with van der Waals surface area (Å²) in [6, 6.07) is 9.38. The standard InChI is InChI=1S/C24H31N7O3S2/c1-4-25-23(32)26-12-16-7-5-6-8-18(16)19-11-20(21-13-27-24(35-21)28-15(2)3)31-22(30-19)29-17-9-10-36(33,34)14-17/h5-8,11,13,15,17H,4,9-10,12,14H2,1-3H3,(H,27,28)(H2,25,26,32)(H,29,30,31). The lowest BCUT2D eigenvalue weighted by Gasteiger charge is -2.15. The molecule has 1 unspecified atom stereocenters. The number of sulfone groups is 1. The monoisotopic (exact) mass is 529 g/mol. The number of nitrogens with zero attached hydrogens (tertiary/aromatic N) is 3. The number of nitrogens with one attached hydrogen (secondary N) is 4. The first-order valence-electron chi connectivity index (χ1n) is 11.9. The Labute approximate surface area is 215 Å². The first kappa shape index (κ1) is 25.8. The van der Waals surface area contributed by atoms with Crippen molar-refractivity contribution in [1.82, 2.24) is 25.6 Å². The van der Waals surface area contributed by atoms with Gasteiger partial charge in [-0.15, -0.1) is 0 Å². The number of hydrogen-bond donors (Lipinski definition) is 4. The molecule has 0 saturated carbocycles. The molecule has 1 aromatic carbocycles. The average Bonchev–Trinajstić information content (AvgIpc) is 3.43. The average molecular weight is 530 g/mol. The van der Waals surface area contributed by atoms with Crippen LogP contribution in [-0.2, 0) is 16.4 Å². The summed E-state index contributed by atoms with van der Waals surface area (Å²) in [6.45, 7) is 6.83. The quantitative estimate of drug-likeness (QED) is 0.330. The highest BCUT2D eigenvalue weighted by atomic mass is 32.2. The number of hydrogen-bond acceptors (Lipinski definition) is 9. The second-order valence-electron chi connectivity index (χ2n) is 8.91. The molecule has 36 heavy (non-hydrogen) atoms. The third kappa shape index (κ3) is 6.70. The molecule has 1 fully saturated rings. The topological polar surface area (TPSA) is 138 Å². The molecule has 192 valence electrons. The lowest BCUT2D eigenvalue weighted by Crippen LogP contribution is -2.34. The molecule has 4 N–H and O–H groups in total. The number of amides is 2. The maximum atomic E-state index is 12.0. The van der Waals surface area contributed by atoms with Gasteiger partial charge in [-0.3, -0.25) is 0 Å². The predicted molar refractivity (Wildman–Crippen MR) is 144 cm³/mol. The number of urea groups is 1. The Morgan fingerprint density at radius 2 is 1.94 bits per heavy atom. The highest BCUT2D eigenvalue weighted by Crippen LogP contribution is 2.32. The van der Waals surface area contributed by atoms with E-state index in [0.717, 1.165) is 21.1 Å². The van der Waals surface area contributed by atoms with Crippen molar-refractivity contribution in [2.24, 2.45) is 0 Å². The van der Waals surface area contributed by atoms with Gasteiger partial charge < -0.3 is 21.3 Å². The van der Waals surface area contributed by atoms with Crippen molar-refractivity contribution in [3.05, 3.63) is 42.1 Å². The molecule has 1 aliphatic heterocycles. The molecule has 1 saturated heterocycles. The van der Waals surface area contributed by atoms with Crippen LogP contribution >= 0.6 is 11.3 Å². The van der Waals surface area contributed by atoms with Crippen LogP contribution in [0.1, 0.15) is 32.8 Å². The fourth-order valence-electron chi connectivity index (χ4n) is 3.90. The first-order valence-corrected chi connectivity index (χ1v) is 14.5. The van der Waals surface area contributed by atoms with Crippen molar-refractivity contribution in [2.45, 2.75) is 45.8 Å². The van der Waals surface area contributed by atoms with Crippen molar-refractivity contribution in [2.75, 3.05) is 28.7 Å². The summed E-state index contributed by atoms with van der Waals surface area (Å²) >= 11 is 1.49. The van der Waals surface area contributed by atoms with Gasteiger partial charge in [0.05, 0.1) is 27.8 Å². The zero-order valence-electron chi connectivity index (χ0n) is 20.5. The minimum Gasteiger partial charge on any atom is -0.359 e. The number of anilines is 2. The minimum absolute atomic E-state index is 0.0615. The molecule has 10 nitrogen and oxygen atoms in total. The molecular weight excluding hydrogens is 498 g/mol. The van der Waals surface area contributed by atoms with Crippen LogP contribution in [0, 0.1) is 0 Å². The number of benzene rings is 1. The second-order valence-corrected chi connectivity index (χ2v) is 12.2. The van der Waals surface area contributed by atoms with Crippen LogP contribution in [0.25, 0.3) is 21.8 Å². The van der Waals surface area contributed by atoms with Crippen molar-refractivity contribution >= 4 is 38.3 Å². The van der Waals surface area contributed by atoms with Crippen LogP contribution in [0.3, 0.4) is 0 Å². The molecule has 1 atom stereocenters.